The zero-order valence-corrected chi connectivity index (χ0v) is 14.0. The monoisotopic (exact) mass is 323 g/mol. The second-order valence-corrected chi connectivity index (χ2v) is 5.74. The van der Waals surface area contributed by atoms with Gasteiger partial charge in [-0.25, -0.2) is 0 Å². The highest BCUT2D eigenvalue weighted by Crippen LogP contribution is 2.28. The summed E-state index contributed by atoms with van der Waals surface area (Å²) in [6.07, 6.45) is 3.41. The molecule has 0 aliphatic carbocycles. The van der Waals surface area contributed by atoms with E-state index in [1.165, 1.54) is 0 Å². The van der Waals surface area contributed by atoms with Gasteiger partial charge in [-0.1, -0.05) is 24.3 Å². The van der Waals surface area contributed by atoms with Crippen molar-refractivity contribution >= 4 is 12.0 Å². The van der Waals surface area contributed by atoms with Gasteiger partial charge in [-0.2, -0.15) is 0 Å². The number of carbonyl (C=O) groups is 1. The second-order valence-electron chi connectivity index (χ2n) is 5.74. The number of rotatable bonds is 5. The Morgan fingerprint density at radius 1 is 1.00 bits per heavy atom. The molecule has 4 nitrogen and oxygen atoms in total. The molecule has 2 aromatic rings. The van der Waals surface area contributed by atoms with Crippen LogP contribution in [0.5, 0.6) is 11.5 Å². The third-order valence-corrected chi connectivity index (χ3v) is 4.17. The van der Waals surface area contributed by atoms with Crippen LogP contribution in [0.25, 0.3) is 6.08 Å². The number of carbonyl (C=O) groups excluding carboxylic acids is 1. The molecule has 2 aromatic carbocycles. The Balaban J connectivity index is 1.81. The van der Waals surface area contributed by atoms with Crippen LogP contribution in [0.3, 0.4) is 0 Å². The SMILES string of the molecule is COc1ccc(/C=C2\CCC(=O)N2Cc2cccc(OC)c2)cc1. The van der Waals surface area contributed by atoms with E-state index in [0.29, 0.717) is 13.0 Å². The fourth-order valence-electron chi connectivity index (χ4n) is 2.85. The summed E-state index contributed by atoms with van der Waals surface area (Å²) in [5.74, 6) is 1.80. The van der Waals surface area contributed by atoms with Gasteiger partial charge in [0, 0.05) is 12.1 Å². The molecule has 0 aromatic heterocycles. The fraction of sp³-hybridized carbons (Fsp3) is 0.250. The van der Waals surface area contributed by atoms with E-state index in [0.717, 1.165) is 34.7 Å². The molecule has 0 bridgehead atoms. The molecule has 124 valence electrons. The minimum Gasteiger partial charge on any atom is -0.497 e. The lowest BCUT2D eigenvalue weighted by Gasteiger charge is -2.19. The Hall–Kier alpha value is -2.75. The predicted molar refractivity (Wildman–Crippen MR) is 93.7 cm³/mol. The normalized spacial score (nSPS) is 15.8. The van der Waals surface area contributed by atoms with Gasteiger partial charge in [-0.15, -0.1) is 0 Å². The fourth-order valence-corrected chi connectivity index (χ4v) is 2.85. The summed E-state index contributed by atoms with van der Waals surface area (Å²) in [6.45, 7) is 0.567. The van der Waals surface area contributed by atoms with Gasteiger partial charge in [0.25, 0.3) is 0 Å². The van der Waals surface area contributed by atoms with Gasteiger partial charge in [0.1, 0.15) is 11.5 Å². The molecule has 3 rings (SSSR count). The molecule has 1 fully saturated rings. The van der Waals surface area contributed by atoms with E-state index in [4.69, 9.17) is 9.47 Å². The molecule has 24 heavy (non-hydrogen) atoms. The maximum Gasteiger partial charge on any atom is 0.227 e. The Morgan fingerprint density at radius 3 is 2.46 bits per heavy atom. The van der Waals surface area contributed by atoms with E-state index < -0.39 is 0 Å². The molecular formula is C20H21NO3. The van der Waals surface area contributed by atoms with Gasteiger partial charge < -0.3 is 14.4 Å². The second kappa shape index (κ2) is 7.21. The Bertz CT molecular complexity index is 750. The maximum absolute atomic E-state index is 12.3. The number of nitrogens with zero attached hydrogens (tertiary/aromatic N) is 1. The molecule has 0 saturated carbocycles. The molecule has 0 spiro atoms. The number of allylic oxidation sites excluding steroid dienone is 1. The zero-order valence-electron chi connectivity index (χ0n) is 14.0. The molecule has 1 saturated heterocycles. The van der Waals surface area contributed by atoms with Gasteiger partial charge in [-0.3, -0.25) is 4.79 Å². The zero-order chi connectivity index (χ0) is 16.9. The van der Waals surface area contributed by atoms with Crippen molar-refractivity contribution in [2.75, 3.05) is 14.2 Å². The van der Waals surface area contributed by atoms with E-state index in [1.54, 1.807) is 14.2 Å². The van der Waals surface area contributed by atoms with Gasteiger partial charge >= 0.3 is 0 Å². The molecule has 0 atom stereocenters. The van der Waals surface area contributed by atoms with E-state index in [2.05, 4.69) is 6.08 Å². The highest BCUT2D eigenvalue weighted by atomic mass is 16.5. The summed E-state index contributed by atoms with van der Waals surface area (Å²) in [6, 6.07) is 15.7. The summed E-state index contributed by atoms with van der Waals surface area (Å²) in [5.41, 5.74) is 3.18. The Morgan fingerprint density at radius 2 is 1.75 bits per heavy atom. The summed E-state index contributed by atoms with van der Waals surface area (Å²) in [5, 5.41) is 0. The molecule has 1 amide bonds. The van der Waals surface area contributed by atoms with E-state index in [1.807, 2.05) is 53.4 Å². The Labute approximate surface area is 142 Å². The van der Waals surface area contributed by atoms with Crippen LogP contribution in [0.15, 0.2) is 54.2 Å². The predicted octanol–water partition coefficient (Wildman–Crippen LogP) is 3.87. The van der Waals surface area contributed by atoms with Crippen molar-refractivity contribution in [3.8, 4) is 11.5 Å². The summed E-state index contributed by atoms with van der Waals surface area (Å²) >= 11 is 0. The number of methoxy groups -OCH3 is 2. The quantitative estimate of drug-likeness (QED) is 0.838. The van der Waals surface area contributed by atoms with Gasteiger partial charge in [0.2, 0.25) is 5.91 Å². The number of ether oxygens (including phenoxy) is 2. The molecule has 1 aliphatic rings. The number of amides is 1. The minimum atomic E-state index is 0.164. The average molecular weight is 323 g/mol. The Kier molecular flexibility index (Phi) is 4.85. The molecule has 0 radical (unpaired) electrons. The first-order valence-electron chi connectivity index (χ1n) is 7.97. The molecule has 1 aliphatic heterocycles. The van der Waals surface area contributed by atoms with Crippen LogP contribution in [-0.2, 0) is 11.3 Å². The lowest BCUT2D eigenvalue weighted by molar-refractivity contribution is -0.127. The van der Waals surface area contributed by atoms with Gasteiger partial charge in [0.15, 0.2) is 0 Å². The van der Waals surface area contributed by atoms with Crippen LogP contribution in [-0.4, -0.2) is 25.0 Å². The average Bonchev–Trinajstić information content (AvgIpc) is 2.96. The first-order chi connectivity index (χ1) is 11.7. The molecule has 0 N–H and O–H groups in total. The smallest absolute Gasteiger partial charge is 0.227 e. The van der Waals surface area contributed by atoms with Crippen LogP contribution in [0, 0.1) is 0 Å². The lowest BCUT2D eigenvalue weighted by atomic mass is 10.1. The third-order valence-electron chi connectivity index (χ3n) is 4.17. The summed E-state index contributed by atoms with van der Waals surface area (Å²) in [7, 11) is 3.30. The van der Waals surface area contributed by atoms with Crippen molar-refractivity contribution in [1.82, 2.24) is 4.90 Å². The molecule has 4 heteroatoms. The lowest BCUT2D eigenvalue weighted by Crippen LogP contribution is -2.22. The van der Waals surface area contributed by atoms with Crippen LogP contribution in [0.2, 0.25) is 0 Å². The first kappa shape index (κ1) is 16.1. The van der Waals surface area contributed by atoms with Crippen molar-refractivity contribution < 1.29 is 14.3 Å². The highest BCUT2D eigenvalue weighted by molar-refractivity contribution is 5.83. The van der Waals surface area contributed by atoms with E-state index in [9.17, 15) is 4.79 Å². The topological polar surface area (TPSA) is 38.8 Å². The largest absolute Gasteiger partial charge is 0.497 e. The highest BCUT2D eigenvalue weighted by Gasteiger charge is 2.25. The van der Waals surface area contributed by atoms with Gasteiger partial charge in [0.05, 0.1) is 20.8 Å². The van der Waals surface area contributed by atoms with Crippen molar-refractivity contribution in [3.05, 3.63) is 65.4 Å². The molecule has 1 heterocycles. The number of likely N-dealkylation sites (tertiary alicyclic amines) is 1. The number of hydrogen-bond acceptors (Lipinski definition) is 3. The van der Waals surface area contributed by atoms with Crippen LogP contribution in [0.4, 0.5) is 0 Å². The van der Waals surface area contributed by atoms with Gasteiger partial charge in [-0.05, 0) is 47.9 Å². The summed E-state index contributed by atoms with van der Waals surface area (Å²) < 4.78 is 10.4. The maximum atomic E-state index is 12.3. The van der Waals surface area contributed by atoms with E-state index >= 15 is 0 Å². The number of hydrogen-bond donors (Lipinski definition) is 0. The minimum absolute atomic E-state index is 0.164. The first-order valence-corrected chi connectivity index (χ1v) is 7.97. The molecule has 0 unspecified atom stereocenters. The van der Waals surface area contributed by atoms with Crippen molar-refractivity contribution in [1.29, 1.82) is 0 Å². The van der Waals surface area contributed by atoms with Crippen molar-refractivity contribution in [2.45, 2.75) is 19.4 Å². The number of benzene rings is 2. The molecular weight excluding hydrogens is 302 g/mol. The van der Waals surface area contributed by atoms with Crippen LogP contribution >= 0.6 is 0 Å². The van der Waals surface area contributed by atoms with Crippen molar-refractivity contribution in [2.24, 2.45) is 0 Å². The van der Waals surface area contributed by atoms with Crippen LogP contribution in [0.1, 0.15) is 24.0 Å². The standard InChI is InChI=1S/C20H21NO3/c1-23-18-9-6-15(7-10-18)12-17-8-11-20(22)21(17)14-16-4-3-5-19(13-16)24-2/h3-7,9-10,12-13H,8,11,14H2,1-2H3/b17-12+. The third kappa shape index (κ3) is 3.59. The summed E-state index contributed by atoms with van der Waals surface area (Å²) in [4.78, 5) is 14.1. The van der Waals surface area contributed by atoms with E-state index in [-0.39, 0.29) is 5.91 Å². The van der Waals surface area contributed by atoms with Crippen LogP contribution < -0.4 is 9.47 Å². The van der Waals surface area contributed by atoms with Crippen molar-refractivity contribution in [3.63, 3.8) is 0 Å².